The number of anilines is 1. The maximum atomic E-state index is 13.3. The molecule has 1 heterocycles. The molecule has 3 aromatic rings. The SMILES string of the molecule is COc1ccccc1NC(=O)c1sc2cc(F)ccc2c1Cl. The first-order valence-corrected chi connectivity index (χ1v) is 7.61. The molecule has 22 heavy (non-hydrogen) atoms. The van der Waals surface area contributed by atoms with Crippen molar-refractivity contribution in [1.82, 2.24) is 0 Å². The number of carbonyl (C=O) groups excluding carboxylic acids is 1. The van der Waals surface area contributed by atoms with E-state index < -0.39 is 0 Å². The first-order valence-electron chi connectivity index (χ1n) is 6.42. The second-order valence-electron chi connectivity index (χ2n) is 4.54. The largest absolute Gasteiger partial charge is 0.495 e. The van der Waals surface area contributed by atoms with Crippen molar-refractivity contribution in [2.75, 3.05) is 12.4 Å². The van der Waals surface area contributed by atoms with E-state index in [1.165, 1.54) is 19.2 Å². The number of fused-ring (bicyclic) bond motifs is 1. The lowest BCUT2D eigenvalue weighted by molar-refractivity contribution is 0.103. The minimum Gasteiger partial charge on any atom is -0.495 e. The van der Waals surface area contributed by atoms with Crippen molar-refractivity contribution < 1.29 is 13.9 Å². The molecule has 1 aromatic heterocycles. The number of methoxy groups -OCH3 is 1. The Bertz CT molecular complexity index is 862. The normalized spacial score (nSPS) is 10.7. The van der Waals surface area contributed by atoms with E-state index in [-0.39, 0.29) is 11.7 Å². The highest BCUT2D eigenvalue weighted by molar-refractivity contribution is 7.21. The average Bonchev–Trinajstić information content (AvgIpc) is 2.84. The van der Waals surface area contributed by atoms with Crippen molar-refractivity contribution in [1.29, 1.82) is 0 Å². The fraction of sp³-hybridized carbons (Fsp3) is 0.0625. The number of hydrogen-bond acceptors (Lipinski definition) is 3. The van der Waals surface area contributed by atoms with Crippen LogP contribution in [0.4, 0.5) is 10.1 Å². The van der Waals surface area contributed by atoms with Crippen LogP contribution in [0.3, 0.4) is 0 Å². The van der Waals surface area contributed by atoms with Gasteiger partial charge >= 0.3 is 0 Å². The highest BCUT2D eigenvalue weighted by Crippen LogP contribution is 2.36. The highest BCUT2D eigenvalue weighted by Gasteiger charge is 2.18. The lowest BCUT2D eigenvalue weighted by Gasteiger charge is -2.08. The molecular formula is C16H11ClFNO2S. The van der Waals surface area contributed by atoms with Crippen LogP contribution in [-0.2, 0) is 0 Å². The Morgan fingerprint density at radius 1 is 1.27 bits per heavy atom. The molecule has 0 atom stereocenters. The fourth-order valence-electron chi connectivity index (χ4n) is 2.11. The molecule has 0 aliphatic rings. The Balaban J connectivity index is 1.97. The van der Waals surface area contributed by atoms with Gasteiger partial charge in [0.2, 0.25) is 0 Å². The Kier molecular flexibility index (Phi) is 4.00. The zero-order chi connectivity index (χ0) is 15.7. The molecule has 0 unspecified atom stereocenters. The summed E-state index contributed by atoms with van der Waals surface area (Å²) in [5.74, 6) is -0.155. The van der Waals surface area contributed by atoms with Crippen LogP contribution in [0.25, 0.3) is 10.1 Å². The van der Waals surface area contributed by atoms with Gasteiger partial charge in [0, 0.05) is 10.1 Å². The first kappa shape index (κ1) is 14.8. The Hall–Kier alpha value is -2.11. The lowest BCUT2D eigenvalue weighted by atomic mass is 10.2. The average molecular weight is 336 g/mol. The number of amides is 1. The molecule has 2 aromatic carbocycles. The lowest BCUT2D eigenvalue weighted by Crippen LogP contribution is -2.11. The van der Waals surface area contributed by atoms with Gasteiger partial charge in [0.15, 0.2) is 0 Å². The van der Waals surface area contributed by atoms with Gasteiger partial charge in [-0.15, -0.1) is 11.3 Å². The van der Waals surface area contributed by atoms with Crippen LogP contribution in [0.2, 0.25) is 5.02 Å². The van der Waals surface area contributed by atoms with Crippen molar-refractivity contribution in [3.05, 3.63) is 58.2 Å². The molecule has 0 fully saturated rings. The molecule has 3 rings (SSSR count). The van der Waals surface area contributed by atoms with E-state index in [2.05, 4.69) is 5.32 Å². The predicted molar refractivity (Wildman–Crippen MR) is 87.7 cm³/mol. The van der Waals surface area contributed by atoms with Crippen molar-refractivity contribution >= 4 is 44.6 Å². The van der Waals surface area contributed by atoms with E-state index >= 15 is 0 Å². The van der Waals surface area contributed by atoms with Gasteiger partial charge in [-0.1, -0.05) is 23.7 Å². The predicted octanol–water partition coefficient (Wildman–Crippen LogP) is 4.95. The second kappa shape index (κ2) is 5.94. The topological polar surface area (TPSA) is 38.3 Å². The van der Waals surface area contributed by atoms with Crippen LogP contribution in [0.5, 0.6) is 5.75 Å². The van der Waals surface area contributed by atoms with Crippen LogP contribution in [0, 0.1) is 5.82 Å². The van der Waals surface area contributed by atoms with E-state index in [1.54, 1.807) is 24.3 Å². The number of hydrogen-bond donors (Lipinski definition) is 1. The molecule has 0 aliphatic carbocycles. The molecule has 112 valence electrons. The van der Waals surface area contributed by atoms with Crippen LogP contribution in [0.15, 0.2) is 42.5 Å². The van der Waals surface area contributed by atoms with Gasteiger partial charge in [0.25, 0.3) is 5.91 Å². The van der Waals surface area contributed by atoms with Gasteiger partial charge in [-0.05, 0) is 30.3 Å². The second-order valence-corrected chi connectivity index (χ2v) is 5.97. The van der Waals surface area contributed by atoms with Gasteiger partial charge in [-0.3, -0.25) is 4.79 Å². The maximum absolute atomic E-state index is 13.3. The zero-order valence-electron chi connectivity index (χ0n) is 11.5. The van der Waals surface area contributed by atoms with Gasteiger partial charge in [-0.25, -0.2) is 4.39 Å². The number of halogens is 2. The van der Waals surface area contributed by atoms with Crippen LogP contribution in [-0.4, -0.2) is 13.0 Å². The molecular weight excluding hydrogens is 325 g/mol. The molecule has 0 saturated carbocycles. The summed E-state index contributed by atoms with van der Waals surface area (Å²) in [5.41, 5.74) is 0.551. The molecule has 0 aliphatic heterocycles. The summed E-state index contributed by atoms with van der Waals surface area (Å²) in [7, 11) is 1.53. The van der Waals surface area contributed by atoms with Crippen molar-refractivity contribution in [3.8, 4) is 5.75 Å². The van der Waals surface area contributed by atoms with E-state index in [0.717, 1.165) is 11.3 Å². The van der Waals surface area contributed by atoms with Gasteiger partial charge < -0.3 is 10.1 Å². The van der Waals surface area contributed by atoms with Crippen LogP contribution >= 0.6 is 22.9 Å². The summed E-state index contributed by atoms with van der Waals surface area (Å²) >= 11 is 7.39. The highest BCUT2D eigenvalue weighted by atomic mass is 35.5. The summed E-state index contributed by atoms with van der Waals surface area (Å²) in [6.07, 6.45) is 0. The molecule has 0 spiro atoms. The van der Waals surface area contributed by atoms with Gasteiger partial charge in [0.05, 0.1) is 17.8 Å². The molecule has 1 amide bonds. The van der Waals surface area contributed by atoms with Crippen LogP contribution < -0.4 is 10.1 Å². The fourth-order valence-corrected chi connectivity index (χ4v) is 3.55. The summed E-state index contributed by atoms with van der Waals surface area (Å²) in [6, 6.07) is 11.3. The quantitative estimate of drug-likeness (QED) is 0.735. The number of benzene rings is 2. The zero-order valence-corrected chi connectivity index (χ0v) is 13.1. The number of thiophene rings is 1. The summed E-state index contributed by atoms with van der Waals surface area (Å²) in [5, 5.41) is 3.75. The minimum atomic E-state index is -0.359. The van der Waals surface area contributed by atoms with E-state index in [4.69, 9.17) is 16.3 Å². The third kappa shape index (κ3) is 2.65. The Morgan fingerprint density at radius 2 is 2.05 bits per heavy atom. The van der Waals surface area contributed by atoms with Gasteiger partial charge in [0.1, 0.15) is 16.4 Å². The van der Waals surface area contributed by atoms with Crippen molar-refractivity contribution in [2.45, 2.75) is 0 Å². The molecule has 1 N–H and O–H groups in total. The number of para-hydroxylation sites is 2. The number of nitrogens with one attached hydrogen (secondary N) is 1. The summed E-state index contributed by atoms with van der Waals surface area (Å²) in [4.78, 5) is 12.8. The van der Waals surface area contributed by atoms with Gasteiger partial charge in [-0.2, -0.15) is 0 Å². The smallest absolute Gasteiger partial charge is 0.267 e. The third-order valence-corrected chi connectivity index (χ3v) is 4.81. The standard InChI is InChI=1S/C16H11ClFNO2S/c1-21-12-5-3-2-4-11(12)19-16(20)15-14(17)10-7-6-9(18)8-13(10)22-15/h2-8H,1H3,(H,19,20). The molecule has 6 heteroatoms. The third-order valence-electron chi connectivity index (χ3n) is 3.15. The Labute approximate surface area is 135 Å². The first-order chi connectivity index (χ1) is 10.6. The number of carbonyl (C=O) groups is 1. The van der Waals surface area contributed by atoms with E-state index in [0.29, 0.717) is 31.4 Å². The van der Waals surface area contributed by atoms with Crippen LogP contribution in [0.1, 0.15) is 9.67 Å². The van der Waals surface area contributed by atoms with E-state index in [1.807, 2.05) is 6.07 Å². The molecule has 0 saturated heterocycles. The monoisotopic (exact) mass is 335 g/mol. The summed E-state index contributed by atoms with van der Waals surface area (Å²) < 4.78 is 19.1. The molecule has 0 bridgehead atoms. The van der Waals surface area contributed by atoms with E-state index in [9.17, 15) is 9.18 Å². The van der Waals surface area contributed by atoms with Crippen molar-refractivity contribution in [3.63, 3.8) is 0 Å². The maximum Gasteiger partial charge on any atom is 0.267 e. The molecule has 0 radical (unpaired) electrons. The summed E-state index contributed by atoms with van der Waals surface area (Å²) in [6.45, 7) is 0. The number of ether oxygens (including phenoxy) is 1. The minimum absolute atomic E-state index is 0.326. The van der Waals surface area contributed by atoms with Crippen molar-refractivity contribution in [2.24, 2.45) is 0 Å². The number of rotatable bonds is 3. The Morgan fingerprint density at radius 3 is 2.82 bits per heavy atom. The molecule has 3 nitrogen and oxygen atoms in total.